The van der Waals surface area contributed by atoms with Crippen LogP contribution in [0.25, 0.3) is 11.3 Å². The largest absolute Gasteiger partial charge is 0.441 e. The van der Waals surface area contributed by atoms with Crippen molar-refractivity contribution in [1.29, 1.82) is 0 Å². The molecule has 4 rings (SSSR count). The van der Waals surface area contributed by atoms with Crippen molar-refractivity contribution < 1.29 is 27.3 Å². The molecule has 0 saturated carbocycles. The summed E-state index contributed by atoms with van der Waals surface area (Å²) in [5.41, 5.74) is 0.111. The van der Waals surface area contributed by atoms with Crippen LogP contribution >= 0.6 is 0 Å². The van der Waals surface area contributed by atoms with Gasteiger partial charge in [-0.15, -0.1) is 0 Å². The van der Waals surface area contributed by atoms with E-state index in [4.69, 9.17) is 8.94 Å². The van der Waals surface area contributed by atoms with Gasteiger partial charge in [0.05, 0.1) is 18.3 Å². The number of aromatic nitrogens is 2. The average molecular weight is 459 g/mol. The Labute approximate surface area is 188 Å². The van der Waals surface area contributed by atoms with Gasteiger partial charge in [-0.2, -0.15) is 0 Å². The third-order valence-corrected chi connectivity index (χ3v) is 5.29. The topological polar surface area (TPSA) is 105 Å². The van der Waals surface area contributed by atoms with Gasteiger partial charge in [0.25, 0.3) is 0 Å². The molecule has 3 heterocycles. The minimum Gasteiger partial charge on any atom is -0.441 e. The van der Waals surface area contributed by atoms with Crippen LogP contribution in [0.2, 0.25) is 0 Å². The number of hydrogen-bond acceptors (Lipinski definition) is 7. The van der Waals surface area contributed by atoms with Crippen molar-refractivity contribution in [2.24, 2.45) is 0 Å². The zero-order valence-corrected chi connectivity index (χ0v) is 18.0. The normalized spacial score (nSPS) is 14.5. The predicted molar refractivity (Wildman–Crippen MR) is 113 cm³/mol. The number of rotatable bonds is 7. The van der Waals surface area contributed by atoms with E-state index >= 15 is 0 Å². The average Bonchev–Trinajstić information content (AvgIpc) is 3.41. The Balaban J connectivity index is 1.21. The Morgan fingerprint density at radius 2 is 1.94 bits per heavy atom. The zero-order chi connectivity index (χ0) is 23.4. The molecule has 0 bridgehead atoms. The van der Waals surface area contributed by atoms with Crippen LogP contribution in [0.15, 0.2) is 39.4 Å². The van der Waals surface area contributed by atoms with Gasteiger partial charge in [-0.1, -0.05) is 5.16 Å². The maximum absolute atomic E-state index is 13.9. The van der Waals surface area contributed by atoms with Gasteiger partial charge in [-0.3, -0.25) is 14.5 Å². The molecular formula is C22H23F2N5O4. The Bertz CT molecular complexity index is 1140. The second-order valence-corrected chi connectivity index (χ2v) is 7.77. The molecule has 33 heavy (non-hydrogen) atoms. The van der Waals surface area contributed by atoms with E-state index in [0.29, 0.717) is 43.6 Å². The fraction of sp³-hybridized carbons (Fsp3) is 0.364. The number of anilines is 1. The number of benzene rings is 1. The number of aryl methyl sites for hydroxylation is 2. The van der Waals surface area contributed by atoms with Crippen molar-refractivity contribution in [3.63, 3.8) is 0 Å². The molecule has 0 spiro atoms. The second-order valence-electron chi connectivity index (χ2n) is 7.77. The lowest BCUT2D eigenvalue weighted by Crippen LogP contribution is -2.50. The monoisotopic (exact) mass is 459 g/mol. The Hall–Kier alpha value is -3.60. The maximum Gasteiger partial charge on any atom is 0.239 e. The Kier molecular flexibility index (Phi) is 6.78. The summed E-state index contributed by atoms with van der Waals surface area (Å²) < 4.78 is 37.4. The first-order chi connectivity index (χ1) is 15.9. The minimum absolute atomic E-state index is 0.0510. The third-order valence-electron chi connectivity index (χ3n) is 5.29. The first-order valence-corrected chi connectivity index (χ1v) is 10.5. The first kappa shape index (κ1) is 22.6. The van der Waals surface area contributed by atoms with Gasteiger partial charge in [0.15, 0.2) is 17.5 Å². The van der Waals surface area contributed by atoms with E-state index < -0.39 is 11.6 Å². The van der Waals surface area contributed by atoms with E-state index in [1.165, 1.54) is 12.3 Å². The summed E-state index contributed by atoms with van der Waals surface area (Å²) in [5.74, 6) is -0.179. The van der Waals surface area contributed by atoms with Crippen molar-refractivity contribution in [2.45, 2.75) is 19.8 Å². The van der Waals surface area contributed by atoms with Gasteiger partial charge in [0.2, 0.25) is 11.8 Å². The number of amides is 2. The molecule has 0 unspecified atom stereocenters. The molecule has 1 aromatic carbocycles. The summed E-state index contributed by atoms with van der Waals surface area (Å²) >= 11 is 0. The van der Waals surface area contributed by atoms with Gasteiger partial charge < -0.3 is 19.2 Å². The van der Waals surface area contributed by atoms with E-state index in [1.54, 1.807) is 17.9 Å². The molecule has 1 fully saturated rings. The number of halogens is 2. The van der Waals surface area contributed by atoms with E-state index in [9.17, 15) is 18.4 Å². The number of nitrogens with zero attached hydrogens (tertiary/aromatic N) is 4. The zero-order valence-electron chi connectivity index (χ0n) is 18.0. The summed E-state index contributed by atoms with van der Waals surface area (Å²) in [5, 5.41) is 6.41. The van der Waals surface area contributed by atoms with Crippen LogP contribution in [0.1, 0.15) is 18.1 Å². The fourth-order valence-electron chi connectivity index (χ4n) is 3.58. The fourth-order valence-corrected chi connectivity index (χ4v) is 3.58. The maximum atomic E-state index is 13.9. The number of hydrogen-bond donors (Lipinski definition) is 1. The van der Waals surface area contributed by atoms with Gasteiger partial charge in [0.1, 0.15) is 17.4 Å². The highest BCUT2D eigenvalue weighted by Crippen LogP contribution is 2.24. The summed E-state index contributed by atoms with van der Waals surface area (Å²) in [6, 6.07) is 4.84. The molecule has 1 aliphatic rings. The first-order valence-electron chi connectivity index (χ1n) is 10.5. The van der Waals surface area contributed by atoms with Crippen LogP contribution < -0.4 is 5.32 Å². The molecule has 1 aliphatic heterocycles. The molecular weight excluding hydrogens is 436 g/mol. The van der Waals surface area contributed by atoms with E-state index in [0.717, 1.165) is 12.1 Å². The molecule has 0 atom stereocenters. The van der Waals surface area contributed by atoms with Crippen LogP contribution in [0, 0.1) is 18.6 Å². The van der Waals surface area contributed by atoms with Crippen molar-refractivity contribution in [3.05, 3.63) is 53.7 Å². The molecule has 0 radical (unpaired) electrons. The SMILES string of the molecule is Cc1cc(NC(=O)CN2CCN(C(=O)CCc3ncc(-c4ccc(F)cc4F)o3)CC2)no1. The highest BCUT2D eigenvalue weighted by molar-refractivity contribution is 5.91. The standard InChI is InChI=1S/C22H23F2N5O4/c1-14-10-19(27-33-14)26-20(30)13-28-6-8-29(9-7-28)22(31)5-4-21-25-12-18(32-21)16-3-2-15(23)11-17(16)24/h2-3,10-12H,4-9,13H2,1H3,(H,26,27,30). The predicted octanol–water partition coefficient (Wildman–Crippen LogP) is 2.63. The third kappa shape index (κ3) is 5.80. The number of oxazole rings is 1. The number of piperazine rings is 1. The Morgan fingerprint density at radius 1 is 1.15 bits per heavy atom. The van der Waals surface area contributed by atoms with Gasteiger partial charge in [0, 0.05) is 51.2 Å². The van der Waals surface area contributed by atoms with Crippen molar-refractivity contribution >= 4 is 17.6 Å². The lowest BCUT2D eigenvalue weighted by Gasteiger charge is -2.34. The molecule has 174 valence electrons. The summed E-state index contributed by atoms with van der Waals surface area (Å²) in [6.07, 6.45) is 1.82. The molecule has 11 heteroatoms. The van der Waals surface area contributed by atoms with Crippen molar-refractivity contribution in [3.8, 4) is 11.3 Å². The smallest absolute Gasteiger partial charge is 0.239 e. The molecule has 9 nitrogen and oxygen atoms in total. The highest BCUT2D eigenvalue weighted by atomic mass is 19.1. The lowest BCUT2D eigenvalue weighted by atomic mass is 10.2. The van der Waals surface area contributed by atoms with Crippen molar-refractivity contribution in [2.75, 3.05) is 38.0 Å². The molecule has 0 aliphatic carbocycles. The highest BCUT2D eigenvalue weighted by Gasteiger charge is 2.23. The molecule has 3 aromatic rings. The Morgan fingerprint density at radius 3 is 2.64 bits per heavy atom. The van der Waals surface area contributed by atoms with Crippen LogP contribution in [-0.2, 0) is 16.0 Å². The van der Waals surface area contributed by atoms with E-state index in [2.05, 4.69) is 15.5 Å². The molecule has 1 saturated heterocycles. The second kappa shape index (κ2) is 9.90. The molecule has 2 aromatic heterocycles. The minimum atomic E-state index is -0.739. The molecule has 2 amide bonds. The quantitative estimate of drug-likeness (QED) is 0.579. The number of nitrogens with one attached hydrogen (secondary N) is 1. The number of carbonyl (C=O) groups excluding carboxylic acids is 2. The van der Waals surface area contributed by atoms with E-state index in [-0.39, 0.29) is 42.5 Å². The van der Waals surface area contributed by atoms with Crippen LogP contribution in [-0.4, -0.2) is 64.5 Å². The van der Waals surface area contributed by atoms with E-state index in [1.807, 2.05) is 4.90 Å². The molecule has 1 N–H and O–H groups in total. The van der Waals surface area contributed by atoms with Gasteiger partial charge in [-0.05, 0) is 19.1 Å². The van der Waals surface area contributed by atoms with Crippen LogP contribution in [0.4, 0.5) is 14.6 Å². The summed E-state index contributed by atoms with van der Waals surface area (Å²) in [6.45, 7) is 4.10. The van der Waals surface area contributed by atoms with Crippen LogP contribution in [0.3, 0.4) is 0 Å². The van der Waals surface area contributed by atoms with Crippen LogP contribution in [0.5, 0.6) is 0 Å². The lowest BCUT2D eigenvalue weighted by molar-refractivity contribution is -0.133. The van der Waals surface area contributed by atoms with Crippen molar-refractivity contribution in [1.82, 2.24) is 19.9 Å². The summed E-state index contributed by atoms with van der Waals surface area (Å²) in [4.78, 5) is 32.5. The van der Waals surface area contributed by atoms with Gasteiger partial charge in [-0.25, -0.2) is 13.8 Å². The summed E-state index contributed by atoms with van der Waals surface area (Å²) in [7, 11) is 0. The van der Waals surface area contributed by atoms with Gasteiger partial charge >= 0.3 is 0 Å². The number of carbonyl (C=O) groups is 2.